The topological polar surface area (TPSA) is 63.4 Å². The zero-order valence-electron chi connectivity index (χ0n) is 15.3. The molecule has 25 heavy (non-hydrogen) atoms. The first-order chi connectivity index (χ1) is 11.8. The zero-order chi connectivity index (χ0) is 18.2. The highest BCUT2D eigenvalue weighted by molar-refractivity contribution is 7.89. The largest absolute Gasteiger partial charge is 0.361 e. The van der Waals surface area contributed by atoms with Gasteiger partial charge in [0.25, 0.3) is 0 Å². The first kappa shape index (κ1) is 18.1. The number of benzene rings is 1. The molecule has 1 aliphatic heterocycles. The third kappa shape index (κ3) is 3.51. The predicted molar refractivity (Wildman–Crippen MR) is 97.0 cm³/mol. The molecule has 0 saturated carbocycles. The molecule has 1 fully saturated rings. The highest BCUT2D eigenvalue weighted by Crippen LogP contribution is 2.37. The minimum atomic E-state index is -3.54. The lowest BCUT2D eigenvalue weighted by Gasteiger charge is -2.22. The third-order valence-corrected chi connectivity index (χ3v) is 6.74. The van der Waals surface area contributed by atoms with Gasteiger partial charge in [0.05, 0.1) is 10.9 Å². The van der Waals surface area contributed by atoms with Gasteiger partial charge in [0, 0.05) is 18.5 Å². The van der Waals surface area contributed by atoms with Crippen LogP contribution in [0.4, 0.5) is 0 Å². The lowest BCUT2D eigenvalue weighted by molar-refractivity contribution is 0.338. The maximum Gasteiger partial charge on any atom is 0.243 e. The van der Waals surface area contributed by atoms with Crippen molar-refractivity contribution in [3.05, 3.63) is 47.3 Å². The van der Waals surface area contributed by atoms with Crippen molar-refractivity contribution in [2.24, 2.45) is 0 Å². The van der Waals surface area contributed by atoms with Crippen LogP contribution in [0, 0.1) is 0 Å². The molecule has 2 aromatic rings. The Bertz CT molecular complexity index is 823. The second-order valence-corrected chi connectivity index (χ2v) is 9.20. The van der Waals surface area contributed by atoms with Gasteiger partial charge in [-0.15, -0.1) is 0 Å². The maximum atomic E-state index is 13.1. The molecule has 0 amide bonds. The summed E-state index contributed by atoms with van der Waals surface area (Å²) >= 11 is 0. The van der Waals surface area contributed by atoms with Crippen molar-refractivity contribution < 1.29 is 12.9 Å². The molecule has 3 rings (SSSR count). The van der Waals surface area contributed by atoms with E-state index in [4.69, 9.17) is 4.52 Å². The number of rotatable bonds is 5. The van der Waals surface area contributed by atoms with Crippen LogP contribution in [-0.2, 0) is 10.0 Å². The van der Waals surface area contributed by atoms with E-state index in [1.807, 2.05) is 32.0 Å². The number of sulfonamides is 1. The first-order valence-electron chi connectivity index (χ1n) is 8.89. The van der Waals surface area contributed by atoms with Crippen LogP contribution >= 0.6 is 0 Å². The fourth-order valence-electron chi connectivity index (χ4n) is 3.22. The molecule has 1 saturated heterocycles. The smallest absolute Gasteiger partial charge is 0.243 e. The first-order valence-corrected chi connectivity index (χ1v) is 10.3. The molecular weight excluding hydrogens is 336 g/mol. The monoisotopic (exact) mass is 362 g/mol. The molecule has 0 bridgehead atoms. The number of hydrogen-bond acceptors (Lipinski definition) is 4. The summed E-state index contributed by atoms with van der Waals surface area (Å²) in [6, 6.07) is 8.87. The Morgan fingerprint density at radius 3 is 2.36 bits per heavy atom. The van der Waals surface area contributed by atoms with Crippen LogP contribution in [0.2, 0.25) is 0 Å². The average molecular weight is 362 g/mol. The van der Waals surface area contributed by atoms with E-state index in [2.05, 4.69) is 19.0 Å². The Kier molecular flexibility index (Phi) is 5.02. The van der Waals surface area contributed by atoms with Crippen LogP contribution in [0.3, 0.4) is 0 Å². The van der Waals surface area contributed by atoms with E-state index in [9.17, 15) is 8.42 Å². The quantitative estimate of drug-likeness (QED) is 0.788. The Hall–Kier alpha value is -1.66. The van der Waals surface area contributed by atoms with Crippen LogP contribution in [-0.4, -0.2) is 24.4 Å². The van der Waals surface area contributed by atoms with Gasteiger partial charge in [-0.3, -0.25) is 0 Å². The molecule has 1 aromatic carbocycles. The van der Waals surface area contributed by atoms with Crippen LogP contribution in [0.5, 0.6) is 0 Å². The average Bonchev–Trinajstić information content (AvgIpc) is 3.24. The summed E-state index contributed by atoms with van der Waals surface area (Å²) in [5.74, 6) is 1.40. The van der Waals surface area contributed by atoms with E-state index in [0.29, 0.717) is 23.1 Å². The van der Waals surface area contributed by atoms with E-state index in [1.54, 1.807) is 16.4 Å². The van der Waals surface area contributed by atoms with Gasteiger partial charge in [-0.25, -0.2) is 8.42 Å². The van der Waals surface area contributed by atoms with Crippen LogP contribution < -0.4 is 0 Å². The molecule has 136 valence electrons. The molecule has 0 spiro atoms. The van der Waals surface area contributed by atoms with E-state index in [-0.39, 0.29) is 12.0 Å². The summed E-state index contributed by atoms with van der Waals surface area (Å²) in [7, 11) is -3.54. The molecule has 0 radical (unpaired) electrons. The normalized spacial score (nSPS) is 19.2. The zero-order valence-corrected chi connectivity index (χ0v) is 16.1. The molecule has 1 atom stereocenters. The molecule has 2 heterocycles. The van der Waals surface area contributed by atoms with Crippen molar-refractivity contribution in [2.75, 3.05) is 6.54 Å². The van der Waals surface area contributed by atoms with Gasteiger partial charge in [0.15, 0.2) is 0 Å². The van der Waals surface area contributed by atoms with Crippen molar-refractivity contribution in [2.45, 2.75) is 63.3 Å². The van der Waals surface area contributed by atoms with E-state index >= 15 is 0 Å². The maximum absolute atomic E-state index is 13.1. The molecule has 1 aliphatic rings. The number of hydrogen-bond donors (Lipinski definition) is 0. The van der Waals surface area contributed by atoms with Crippen molar-refractivity contribution in [1.82, 2.24) is 9.46 Å². The summed E-state index contributed by atoms with van der Waals surface area (Å²) in [5.41, 5.74) is 1.85. The van der Waals surface area contributed by atoms with Gasteiger partial charge in [0.2, 0.25) is 10.0 Å². The highest BCUT2D eigenvalue weighted by Gasteiger charge is 2.38. The Balaban J connectivity index is 1.89. The third-order valence-electron chi connectivity index (χ3n) is 4.81. The van der Waals surface area contributed by atoms with E-state index in [0.717, 1.165) is 24.2 Å². The number of aromatic nitrogens is 1. The van der Waals surface area contributed by atoms with Gasteiger partial charge >= 0.3 is 0 Å². The van der Waals surface area contributed by atoms with Crippen LogP contribution in [0.15, 0.2) is 39.8 Å². The van der Waals surface area contributed by atoms with Crippen molar-refractivity contribution in [3.63, 3.8) is 0 Å². The minimum Gasteiger partial charge on any atom is -0.361 e. The molecule has 6 heteroatoms. The fraction of sp³-hybridized carbons (Fsp3) is 0.526. The predicted octanol–water partition coefficient (Wildman–Crippen LogP) is 4.45. The van der Waals surface area contributed by atoms with Gasteiger partial charge < -0.3 is 4.52 Å². The summed E-state index contributed by atoms with van der Waals surface area (Å²) in [5, 5.41) is 4.13. The molecule has 0 aliphatic carbocycles. The summed E-state index contributed by atoms with van der Waals surface area (Å²) in [6.45, 7) is 8.77. The minimum absolute atomic E-state index is 0.233. The molecule has 0 unspecified atom stereocenters. The second kappa shape index (κ2) is 6.92. The van der Waals surface area contributed by atoms with Crippen LogP contribution in [0.1, 0.15) is 75.4 Å². The van der Waals surface area contributed by atoms with E-state index in [1.165, 1.54) is 0 Å². The standard InChI is InChI=1S/C19H26N2O3S/c1-13(2)15-7-9-16(10-8-15)25(22,23)21-11-5-6-18(21)17-12-19(14(3)4)24-20-17/h7-10,12-14,18H,5-6,11H2,1-4H3/t18-/m1/s1. The van der Waals surface area contributed by atoms with Gasteiger partial charge in [0.1, 0.15) is 11.5 Å². The highest BCUT2D eigenvalue weighted by atomic mass is 32.2. The van der Waals surface area contributed by atoms with Gasteiger partial charge in [-0.1, -0.05) is 45.0 Å². The lowest BCUT2D eigenvalue weighted by Crippen LogP contribution is -2.30. The van der Waals surface area contributed by atoms with Crippen LogP contribution in [0.25, 0.3) is 0 Å². The summed E-state index contributed by atoms with van der Waals surface area (Å²) in [6.07, 6.45) is 1.60. The Morgan fingerprint density at radius 1 is 1.12 bits per heavy atom. The molecule has 0 N–H and O–H groups in total. The number of nitrogens with zero attached hydrogens (tertiary/aromatic N) is 2. The van der Waals surface area contributed by atoms with Gasteiger partial charge in [-0.05, 0) is 36.5 Å². The molecular formula is C19H26N2O3S. The SMILES string of the molecule is CC(C)c1ccc(S(=O)(=O)N2CCC[C@@H]2c2cc(C(C)C)on2)cc1. The second-order valence-electron chi connectivity index (χ2n) is 7.31. The summed E-state index contributed by atoms with van der Waals surface area (Å²) in [4.78, 5) is 0.344. The Morgan fingerprint density at radius 2 is 1.80 bits per heavy atom. The molecule has 1 aromatic heterocycles. The summed E-state index contributed by atoms with van der Waals surface area (Å²) < 4.78 is 33.2. The van der Waals surface area contributed by atoms with E-state index < -0.39 is 10.0 Å². The van der Waals surface area contributed by atoms with Crippen molar-refractivity contribution in [1.29, 1.82) is 0 Å². The van der Waals surface area contributed by atoms with Crippen molar-refractivity contribution >= 4 is 10.0 Å². The Labute approximate surface area is 150 Å². The molecule has 5 nitrogen and oxygen atoms in total. The van der Waals surface area contributed by atoms with Crippen molar-refractivity contribution in [3.8, 4) is 0 Å². The fourth-order valence-corrected chi connectivity index (χ4v) is 4.89. The van der Waals surface area contributed by atoms with Gasteiger partial charge in [-0.2, -0.15) is 4.31 Å². The lowest BCUT2D eigenvalue weighted by atomic mass is 10.0.